The lowest BCUT2D eigenvalue weighted by molar-refractivity contribution is 0.126. The van der Waals surface area contributed by atoms with E-state index in [9.17, 15) is 5.11 Å². The van der Waals surface area contributed by atoms with E-state index in [-0.39, 0.29) is 6.10 Å². The van der Waals surface area contributed by atoms with Gasteiger partial charge in [-0.2, -0.15) is 4.98 Å². The van der Waals surface area contributed by atoms with Gasteiger partial charge in [-0.1, -0.05) is 0 Å². The van der Waals surface area contributed by atoms with Gasteiger partial charge in [0.05, 0.1) is 6.10 Å². The van der Waals surface area contributed by atoms with Crippen LogP contribution >= 0.6 is 0 Å². The Bertz CT molecular complexity index is 350. The second kappa shape index (κ2) is 5.82. The average Bonchev–Trinajstić information content (AvgIpc) is 2.33. The third-order valence-electron chi connectivity index (χ3n) is 3.04. The van der Waals surface area contributed by atoms with Crippen LogP contribution in [0.2, 0.25) is 0 Å². The van der Waals surface area contributed by atoms with Crippen LogP contribution < -0.4 is 10.6 Å². The molecule has 1 saturated carbocycles. The molecule has 0 spiro atoms. The lowest BCUT2D eigenvalue weighted by atomic mass is 9.93. The molecule has 94 valence electrons. The van der Waals surface area contributed by atoms with E-state index < -0.39 is 0 Å². The monoisotopic (exact) mass is 236 g/mol. The van der Waals surface area contributed by atoms with E-state index in [1.807, 2.05) is 13.0 Å². The summed E-state index contributed by atoms with van der Waals surface area (Å²) in [5.74, 6) is 1.52. The van der Waals surface area contributed by atoms with Crippen molar-refractivity contribution in [2.24, 2.45) is 0 Å². The fourth-order valence-electron chi connectivity index (χ4n) is 2.11. The van der Waals surface area contributed by atoms with Crippen molar-refractivity contribution in [3.63, 3.8) is 0 Å². The topological polar surface area (TPSA) is 70.1 Å². The molecule has 0 saturated heterocycles. The molecule has 2 rings (SSSR count). The third kappa shape index (κ3) is 3.56. The Kier molecular flexibility index (Phi) is 4.14. The van der Waals surface area contributed by atoms with Gasteiger partial charge in [0, 0.05) is 18.8 Å². The molecule has 3 N–H and O–H groups in total. The summed E-state index contributed by atoms with van der Waals surface area (Å²) in [4.78, 5) is 8.51. The Morgan fingerprint density at radius 1 is 1.35 bits per heavy atom. The fourth-order valence-corrected chi connectivity index (χ4v) is 2.11. The summed E-state index contributed by atoms with van der Waals surface area (Å²) >= 11 is 0. The highest BCUT2D eigenvalue weighted by Gasteiger charge is 2.19. The molecule has 0 amide bonds. The third-order valence-corrected chi connectivity index (χ3v) is 3.04. The van der Waals surface area contributed by atoms with E-state index in [2.05, 4.69) is 20.6 Å². The standard InChI is InChI=1S/C12H20N4O/c1-2-13-12-14-8-7-11(16-12)15-9-3-5-10(17)6-4-9/h7-10,17H,2-6H2,1H3,(H2,13,14,15,16). The van der Waals surface area contributed by atoms with Gasteiger partial charge in [0.25, 0.3) is 0 Å². The first-order chi connectivity index (χ1) is 8.28. The zero-order valence-corrected chi connectivity index (χ0v) is 10.2. The van der Waals surface area contributed by atoms with Gasteiger partial charge in [0.2, 0.25) is 5.95 Å². The number of aliphatic hydroxyl groups excluding tert-OH is 1. The summed E-state index contributed by atoms with van der Waals surface area (Å²) < 4.78 is 0. The SMILES string of the molecule is CCNc1nccc(NC2CCC(O)CC2)n1. The maximum atomic E-state index is 9.44. The molecule has 1 heterocycles. The zero-order valence-electron chi connectivity index (χ0n) is 10.2. The van der Waals surface area contributed by atoms with Crippen LogP contribution in [-0.2, 0) is 0 Å². The molecule has 5 nitrogen and oxygen atoms in total. The van der Waals surface area contributed by atoms with Gasteiger partial charge in [0.1, 0.15) is 5.82 Å². The van der Waals surface area contributed by atoms with E-state index in [0.717, 1.165) is 38.0 Å². The number of nitrogens with one attached hydrogen (secondary N) is 2. The summed E-state index contributed by atoms with van der Waals surface area (Å²) in [6.07, 6.45) is 5.40. The second-order valence-corrected chi connectivity index (χ2v) is 4.45. The number of anilines is 2. The number of hydrogen-bond acceptors (Lipinski definition) is 5. The average molecular weight is 236 g/mol. The molecule has 1 aliphatic carbocycles. The van der Waals surface area contributed by atoms with Crippen molar-refractivity contribution in [2.45, 2.75) is 44.8 Å². The molecule has 1 fully saturated rings. The first kappa shape index (κ1) is 12.1. The van der Waals surface area contributed by atoms with Crippen LogP contribution in [0.25, 0.3) is 0 Å². The Morgan fingerprint density at radius 2 is 2.12 bits per heavy atom. The van der Waals surface area contributed by atoms with Gasteiger partial charge in [-0.15, -0.1) is 0 Å². The highest BCUT2D eigenvalue weighted by Crippen LogP contribution is 2.21. The van der Waals surface area contributed by atoms with Crippen molar-refractivity contribution in [3.8, 4) is 0 Å². The lowest BCUT2D eigenvalue weighted by Crippen LogP contribution is -2.28. The number of rotatable bonds is 4. The lowest BCUT2D eigenvalue weighted by Gasteiger charge is -2.26. The zero-order chi connectivity index (χ0) is 12.1. The van der Waals surface area contributed by atoms with E-state index in [1.54, 1.807) is 6.20 Å². The summed E-state index contributed by atoms with van der Waals surface area (Å²) in [5, 5.41) is 15.9. The number of nitrogens with zero attached hydrogens (tertiary/aromatic N) is 2. The quantitative estimate of drug-likeness (QED) is 0.741. The predicted octanol–water partition coefficient (Wildman–Crippen LogP) is 1.62. The van der Waals surface area contributed by atoms with Gasteiger partial charge in [-0.3, -0.25) is 0 Å². The first-order valence-electron chi connectivity index (χ1n) is 6.29. The van der Waals surface area contributed by atoms with Gasteiger partial charge in [-0.05, 0) is 38.7 Å². The van der Waals surface area contributed by atoms with Crippen LogP contribution in [0.5, 0.6) is 0 Å². The van der Waals surface area contributed by atoms with Crippen LogP contribution in [0.15, 0.2) is 12.3 Å². The first-order valence-corrected chi connectivity index (χ1v) is 6.29. The van der Waals surface area contributed by atoms with Crippen LogP contribution in [0.1, 0.15) is 32.6 Å². The minimum Gasteiger partial charge on any atom is -0.393 e. The fraction of sp³-hybridized carbons (Fsp3) is 0.667. The summed E-state index contributed by atoms with van der Waals surface area (Å²) in [6, 6.07) is 2.30. The van der Waals surface area contributed by atoms with Crippen molar-refractivity contribution in [1.29, 1.82) is 0 Å². The summed E-state index contributed by atoms with van der Waals surface area (Å²) in [6.45, 7) is 2.84. The van der Waals surface area contributed by atoms with Crippen molar-refractivity contribution in [1.82, 2.24) is 9.97 Å². The Morgan fingerprint density at radius 3 is 2.82 bits per heavy atom. The summed E-state index contributed by atoms with van der Waals surface area (Å²) in [7, 11) is 0. The molecule has 17 heavy (non-hydrogen) atoms. The smallest absolute Gasteiger partial charge is 0.224 e. The molecule has 0 radical (unpaired) electrons. The molecule has 0 unspecified atom stereocenters. The van der Waals surface area contributed by atoms with Gasteiger partial charge in [0.15, 0.2) is 0 Å². The number of aromatic nitrogens is 2. The Labute approximate surface area is 102 Å². The normalized spacial score (nSPS) is 24.4. The van der Waals surface area contributed by atoms with Crippen LogP contribution in [0.3, 0.4) is 0 Å². The Balaban J connectivity index is 1.91. The Hall–Kier alpha value is -1.36. The van der Waals surface area contributed by atoms with Crippen molar-refractivity contribution < 1.29 is 5.11 Å². The summed E-state index contributed by atoms with van der Waals surface area (Å²) in [5.41, 5.74) is 0. The number of hydrogen-bond donors (Lipinski definition) is 3. The van der Waals surface area contributed by atoms with Crippen LogP contribution in [0.4, 0.5) is 11.8 Å². The van der Waals surface area contributed by atoms with Crippen LogP contribution in [-0.4, -0.2) is 33.8 Å². The minimum atomic E-state index is -0.115. The van der Waals surface area contributed by atoms with E-state index in [1.165, 1.54) is 0 Å². The molecule has 0 atom stereocenters. The van der Waals surface area contributed by atoms with E-state index in [4.69, 9.17) is 0 Å². The molecule has 5 heteroatoms. The van der Waals surface area contributed by atoms with Crippen molar-refractivity contribution in [3.05, 3.63) is 12.3 Å². The minimum absolute atomic E-state index is 0.115. The highest BCUT2D eigenvalue weighted by molar-refractivity contribution is 5.40. The van der Waals surface area contributed by atoms with Gasteiger partial charge < -0.3 is 15.7 Å². The largest absolute Gasteiger partial charge is 0.393 e. The molecule has 1 aliphatic rings. The van der Waals surface area contributed by atoms with Crippen molar-refractivity contribution >= 4 is 11.8 Å². The van der Waals surface area contributed by atoms with E-state index in [0.29, 0.717) is 12.0 Å². The number of aliphatic hydroxyl groups is 1. The molecular weight excluding hydrogens is 216 g/mol. The van der Waals surface area contributed by atoms with Crippen molar-refractivity contribution in [2.75, 3.05) is 17.2 Å². The van der Waals surface area contributed by atoms with Crippen LogP contribution in [0, 0.1) is 0 Å². The molecule has 1 aromatic heterocycles. The second-order valence-electron chi connectivity index (χ2n) is 4.45. The molecule has 0 aromatic carbocycles. The highest BCUT2D eigenvalue weighted by atomic mass is 16.3. The molecular formula is C12H20N4O. The predicted molar refractivity (Wildman–Crippen MR) is 68.1 cm³/mol. The molecule has 0 bridgehead atoms. The van der Waals surface area contributed by atoms with Gasteiger partial charge in [-0.25, -0.2) is 4.98 Å². The maximum absolute atomic E-state index is 9.44. The molecule has 0 aliphatic heterocycles. The van der Waals surface area contributed by atoms with E-state index >= 15 is 0 Å². The maximum Gasteiger partial charge on any atom is 0.224 e. The van der Waals surface area contributed by atoms with Gasteiger partial charge >= 0.3 is 0 Å². The molecule has 1 aromatic rings.